The number of ether oxygens (including phenoxy) is 3. The molecule has 166 valence electrons. The summed E-state index contributed by atoms with van der Waals surface area (Å²) in [5.41, 5.74) is 4.88. The first kappa shape index (κ1) is 21.3. The first-order chi connectivity index (χ1) is 15.6. The monoisotopic (exact) mass is 433 g/mol. The highest BCUT2D eigenvalue weighted by Crippen LogP contribution is 2.30. The van der Waals surface area contributed by atoms with Gasteiger partial charge in [-0.15, -0.1) is 0 Å². The summed E-state index contributed by atoms with van der Waals surface area (Å²) in [7, 11) is 6.79. The van der Waals surface area contributed by atoms with Crippen LogP contribution in [0.3, 0.4) is 0 Å². The maximum Gasteiger partial charge on any atom is 0.203 e. The summed E-state index contributed by atoms with van der Waals surface area (Å²) in [6.45, 7) is 2.64. The molecule has 0 spiro atoms. The van der Waals surface area contributed by atoms with Crippen molar-refractivity contribution in [3.8, 4) is 17.2 Å². The number of aromatic nitrogens is 3. The molecule has 0 bridgehead atoms. The molecule has 0 saturated heterocycles. The second kappa shape index (κ2) is 9.05. The van der Waals surface area contributed by atoms with E-state index in [0.717, 1.165) is 45.4 Å². The maximum atomic E-state index is 5.46. The summed E-state index contributed by atoms with van der Waals surface area (Å²) >= 11 is 0. The zero-order chi connectivity index (χ0) is 22.7. The molecule has 0 radical (unpaired) electrons. The Hall–Kier alpha value is -3.94. The number of hydrogen-bond acceptors (Lipinski definition) is 7. The smallest absolute Gasteiger partial charge is 0.203 e. The predicted molar refractivity (Wildman–Crippen MR) is 127 cm³/mol. The summed E-state index contributed by atoms with van der Waals surface area (Å²) in [6, 6.07) is 13.8. The largest absolute Gasteiger partial charge is 0.497 e. The zero-order valence-electron chi connectivity index (χ0n) is 18.9. The molecule has 4 aromatic rings. The molecule has 0 fully saturated rings. The number of hydrogen-bond donors (Lipinski definition) is 2. The molecule has 0 saturated carbocycles. The number of methoxy groups -OCH3 is 3. The van der Waals surface area contributed by atoms with Crippen LogP contribution in [0.1, 0.15) is 11.1 Å². The lowest BCUT2D eigenvalue weighted by Crippen LogP contribution is -2.06. The fourth-order valence-electron chi connectivity index (χ4n) is 3.65. The van der Waals surface area contributed by atoms with E-state index in [-0.39, 0.29) is 0 Å². The molecule has 32 heavy (non-hydrogen) atoms. The lowest BCUT2D eigenvalue weighted by Gasteiger charge is -2.13. The molecule has 2 aromatic carbocycles. The van der Waals surface area contributed by atoms with Crippen molar-refractivity contribution in [1.29, 1.82) is 0 Å². The van der Waals surface area contributed by atoms with Crippen molar-refractivity contribution in [3.05, 3.63) is 59.8 Å². The van der Waals surface area contributed by atoms with Crippen LogP contribution >= 0.6 is 0 Å². The van der Waals surface area contributed by atoms with Crippen LogP contribution in [0, 0.1) is 6.92 Å². The molecule has 0 aliphatic rings. The summed E-state index contributed by atoms with van der Waals surface area (Å²) in [5, 5.41) is 6.58. The molecule has 0 amide bonds. The van der Waals surface area contributed by atoms with Crippen molar-refractivity contribution in [2.45, 2.75) is 13.5 Å². The Morgan fingerprint density at radius 1 is 0.938 bits per heavy atom. The second-order valence-electron chi connectivity index (χ2n) is 7.33. The van der Waals surface area contributed by atoms with Gasteiger partial charge in [0.1, 0.15) is 17.1 Å². The normalized spacial score (nSPS) is 10.8. The highest BCUT2D eigenvalue weighted by atomic mass is 16.5. The Kier molecular flexibility index (Phi) is 6.02. The van der Waals surface area contributed by atoms with Crippen molar-refractivity contribution >= 4 is 28.5 Å². The van der Waals surface area contributed by atoms with Crippen LogP contribution < -0.4 is 24.8 Å². The number of aryl methyl sites for hydroxylation is 1. The number of fused-ring (bicyclic) bond motifs is 1. The standard InChI is InChI=1S/C24H27N5O3/c1-15-10-17(30-3)7-8-18(15)27-23-12-20-19(13-26-23)28-24(25-2)29(20)14-16-6-9-21(31-4)22(11-16)32-5/h6-13H,14H2,1-5H3,(H,25,28)(H,26,27). The van der Waals surface area contributed by atoms with E-state index < -0.39 is 0 Å². The Labute approximate surface area is 187 Å². The molecule has 4 rings (SSSR count). The topological polar surface area (TPSA) is 82.5 Å². The van der Waals surface area contributed by atoms with Crippen LogP contribution in [0.25, 0.3) is 11.0 Å². The van der Waals surface area contributed by atoms with E-state index in [1.54, 1.807) is 27.5 Å². The molecular weight excluding hydrogens is 406 g/mol. The van der Waals surface area contributed by atoms with Gasteiger partial charge in [-0.1, -0.05) is 6.07 Å². The first-order valence-corrected chi connectivity index (χ1v) is 10.2. The number of nitrogens with zero attached hydrogens (tertiary/aromatic N) is 3. The Bertz CT molecular complexity index is 1250. The van der Waals surface area contributed by atoms with E-state index in [9.17, 15) is 0 Å². The van der Waals surface area contributed by atoms with Gasteiger partial charge in [0, 0.05) is 18.8 Å². The van der Waals surface area contributed by atoms with Crippen LogP contribution in [-0.4, -0.2) is 42.9 Å². The van der Waals surface area contributed by atoms with Gasteiger partial charge in [-0.3, -0.25) is 0 Å². The Balaban J connectivity index is 1.70. The molecule has 0 atom stereocenters. The fraction of sp³-hybridized carbons (Fsp3) is 0.250. The zero-order valence-corrected chi connectivity index (χ0v) is 18.9. The van der Waals surface area contributed by atoms with Crippen molar-refractivity contribution in [2.24, 2.45) is 0 Å². The van der Waals surface area contributed by atoms with E-state index in [1.807, 2.05) is 56.4 Å². The third kappa shape index (κ3) is 4.12. The molecule has 0 aliphatic heterocycles. The van der Waals surface area contributed by atoms with Gasteiger partial charge >= 0.3 is 0 Å². The van der Waals surface area contributed by atoms with Crippen LogP contribution in [0.5, 0.6) is 17.2 Å². The number of pyridine rings is 1. The van der Waals surface area contributed by atoms with Crippen molar-refractivity contribution in [2.75, 3.05) is 39.0 Å². The highest BCUT2D eigenvalue weighted by Gasteiger charge is 2.14. The lowest BCUT2D eigenvalue weighted by atomic mass is 10.2. The van der Waals surface area contributed by atoms with E-state index in [1.165, 1.54) is 0 Å². The molecule has 8 heteroatoms. The summed E-state index contributed by atoms with van der Waals surface area (Å²) in [6.07, 6.45) is 1.78. The molecule has 0 aliphatic carbocycles. The minimum Gasteiger partial charge on any atom is -0.497 e. The van der Waals surface area contributed by atoms with E-state index in [4.69, 9.17) is 14.2 Å². The first-order valence-electron chi connectivity index (χ1n) is 10.2. The maximum absolute atomic E-state index is 5.46. The molecule has 2 heterocycles. The molecule has 2 aromatic heterocycles. The highest BCUT2D eigenvalue weighted by molar-refractivity contribution is 5.81. The molecule has 0 unspecified atom stereocenters. The van der Waals surface area contributed by atoms with Gasteiger partial charge in [-0.05, 0) is 48.4 Å². The van der Waals surface area contributed by atoms with E-state index in [0.29, 0.717) is 18.0 Å². The quantitative estimate of drug-likeness (QED) is 0.420. The number of anilines is 3. The molecular formula is C24H27N5O3. The van der Waals surface area contributed by atoms with Crippen LogP contribution in [-0.2, 0) is 6.54 Å². The van der Waals surface area contributed by atoms with Gasteiger partial charge in [-0.2, -0.15) is 0 Å². The number of rotatable bonds is 8. The van der Waals surface area contributed by atoms with E-state index >= 15 is 0 Å². The van der Waals surface area contributed by atoms with Gasteiger partial charge in [0.15, 0.2) is 11.5 Å². The SMILES string of the molecule is CNc1nc2cnc(Nc3ccc(OC)cc3C)cc2n1Cc1ccc(OC)c(OC)c1. The average Bonchev–Trinajstić information content (AvgIpc) is 3.17. The molecule has 8 nitrogen and oxygen atoms in total. The third-order valence-electron chi connectivity index (χ3n) is 5.34. The number of imidazole rings is 1. The Morgan fingerprint density at radius 3 is 2.44 bits per heavy atom. The Morgan fingerprint density at radius 2 is 1.75 bits per heavy atom. The van der Waals surface area contributed by atoms with Crippen molar-refractivity contribution in [1.82, 2.24) is 14.5 Å². The number of nitrogens with one attached hydrogen (secondary N) is 2. The van der Waals surface area contributed by atoms with Crippen LogP contribution in [0.2, 0.25) is 0 Å². The van der Waals surface area contributed by atoms with Gasteiger partial charge in [0.05, 0.1) is 39.6 Å². The molecule has 2 N–H and O–H groups in total. The van der Waals surface area contributed by atoms with Gasteiger partial charge < -0.3 is 29.4 Å². The predicted octanol–water partition coefficient (Wildman–Crippen LogP) is 4.60. The van der Waals surface area contributed by atoms with Gasteiger partial charge in [-0.25, -0.2) is 9.97 Å². The second-order valence-corrected chi connectivity index (χ2v) is 7.33. The van der Waals surface area contributed by atoms with Crippen LogP contribution in [0.4, 0.5) is 17.5 Å². The average molecular weight is 434 g/mol. The van der Waals surface area contributed by atoms with Crippen LogP contribution in [0.15, 0.2) is 48.7 Å². The number of benzene rings is 2. The summed E-state index contributed by atoms with van der Waals surface area (Å²) in [5.74, 6) is 3.71. The van der Waals surface area contributed by atoms with Gasteiger partial charge in [0.2, 0.25) is 5.95 Å². The minimum atomic E-state index is 0.609. The van der Waals surface area contributed by atoms with Crippen molar-refractivity contribution in [3.63, 3.8) is 0 Å². The lowest BCUT2D eigenvalue weighted by molar-refractivity contribution is 0.354. The third-order valence-corrected chi connectivity index (χ3v) is 5.34. The fourth-order valence-corrected chi connectivity index (χ4v) is 3.65. The summed E-state index contributed by atoms with van der Waals surface area (Å²) in [4.78, 5) is 9.23. The van der Waals surface area contributed by atoms with Crippen molar-refractivity contribution < 1.29 is 14.2 Å². The van der Waals surface area contributed by atoms with E-state index in [2.05, 4.69) is 25.2 Å². The summed E-state index contributed by atoms with van der Waals surface area (Å²) < 4.78 is 18.2. The van der Waals surface area contributed by atoms with Gasteiger partial charge in [0.25, 0.3) is 0 Å². The minimum absolute atomic E-state index is 0.609.